The molecular formula is C18H27N3O2. The number of hydrogen-bond acceptors (Lipinski definition) is 3. The molecule has 1 aromatic carbocycles. The lowest BCUT2D eigenvalue weighted by Crippen LogP contribution is -2.51. The standard InChI is InChI=1S/C18H27N3O2/c1-13(2)16-7-5-6-14(3)18(16)19-12-17(23)21-10-8-20(9-11-21)15(4)22/h5-7,13,19H,8-12H2,1-4H3. The highest BCUT2D eigenvalue weighted by Gasteiger charge is 2.22. The zero-order chi connectivity index (χ0) is 17.0. The van der Waals surface area contributed by atoms with Gasteiger partial charge in [-0.25, -0.2) is 0 Å². The van der Waals surface area contributed by atoms with Gasteiger partial charge in [0.25, 0.3) is 0 Å². The summed E-state index contributed by atoms with van der Waals surface area (Å²) in [4.78, 5) is 27.4. The Morgan fingerprint density at radius 1 is 1.13 bits per heavy atom. The largest absolute Gasteiger partial charge is 0.376 e. The molecule has 0 radical (unpaired) electrons. The molecule has 1 aliphatic heterocycles. The molecule has 0 unspecified atom stereocenters. The van der Waals surface area contributed by atoms with E-state index in [-0.39, 0.29) is 11.8 Å². The molecular weight excluding hydrogens is 290 g/mol. The average molecular weight is 317 g/mol. The topological polar surface area (TPSA) is 52.7 Å². The van der Waals surface area contributed by atoms with Crippen LogP contribution in [0, 0.1) is 6.92 Å². The van der Waals surface area contributed by atoms with Gasteiger partial charge in [0.05, 0.1) is 6.54 Å². The summed E-state index contributed by atoms with van der Waals surface area (Å²) in [5, 5.41) is 3.32. The lowest BCUT2D eigenvalue weighted by atomic mass is 9.98. The van der Waals surface area contributed by atoms with E-state index >= 15 is 0 Å². The quantitative estimate of drug-likeness (QED) is 0.926. The Morgan fingerprint density at radius 2 is 1.74 bits per heavy atom. The van der Waals surface area contributed by atoms with Crippen LogP contribution < -0.4 is 5.32 Å². The normalized spacial score (nSPS) is 15.0. The molecule has 1 N–H and O–H groups in total. The van der Waals surface area contributed by atoms with E-state index in [9.17, 15) is 9.59 Å². The van der Waals surface area contributed by atoms with Crippen LogP contribution in [0.5, 0.6) is 0 Å². The van der Waals surface area contributed by atoms with Crippen molar-refractivity contribution in [1.29, 1.82) is 0 Å². The third-order valence-electron chi connectivity index (χ3n) is 4.42. The summed E-state index contributed by atoms with van der Waals surface area (Å²) >= 11 is 0. The van der Waals surface area contributed by atoms with Crippen molar-refractivity contribution >= 4 is 17.5 Å². The van der Waals surface area contributed by atoms with Gasteiger partial charge in [0, 0.05) is 38.8 Å². The predicted molar refractivity (Wildman–Crippen MR) is 92.6 cm³/mol. The molecule has 2 amide bonds. The van der Waals surface area contributed by atoms with E-state index in [4.69, 9.17) is 0 Å². The van der Waals surface area contributed by atoms with Gasteiger partial charge in [-0.15, -0.1) is 0 Å². The van der Waals surface area contributed by atoms with Gasteiger partial charge in [-0.2, -0.15) is 0 Å². The first-order valence-electron chi connectivity index (χ1n) is 8.26. The van der Waals surface area contributed by atoms with E-state index < -0.39 is 0 Å². The van der Waals surface area contributed by atoms with Crippen molar-refractivity contribution in [2.24, 2.45) is 0 Å². The van der Waals surface area contributed by atoms with Crippen molar-refractivity contribution in [3.8, 4) is 0 Å². The third-order valence-corrected chi connectivity index (χ3v) is 4.42. The second-order valence-electron chi connectivity index (χ2n) is 6.43. The van der Waals surface area contributed by atoms with Crippen molar-refractivity contribution in [1.82, 2.24) is 9.80 Å². The third kappa shape index (κ3) is 4.24. The molecule has 1 aromatic rings. The molecule has 0 bridgehead atoms. The number of hydrogen-bond donors (Lipinski definition) is 1. The zero-order valence-electron chi connectivity index (χ0n) is 14.6. The van der Waals surface area contributed by atoms with E-state index in [1.54, 1.807) is 11.8 Å². The fraction of sp³-hybridized carbons (Fsp3) is 0.556. The predicted octanol–water partition coefficient (Wildman–Crippen LogP) is 2.22. The van der Waals surface area contributed by atoms with E-state index in [2.05, 4.69) is 44.3 Å². The maximum Gasteiger partial charge on any atom is 0.241 e. The lowest BCUT2D eigenvalue weighted by molar-refractivity contribution is -0.137. The van der Waals surface area contributed by atoms with Crippen LogP contribution >= 0.6 is 0 Å². The zero-order valence-corrected chi connectivity index (χ0v) is 14.6. The monoisotopic (exact) mass is 317 g/mol. The van der Waals surface area contributed by atoms with E-state index in [0.29, 0.717) is 38.6 Å². The number of nitrogens with one attached hydrogen (secondary N) is 1. The first kappa shape index (κ1) is 17.3. The van der Waals surface area contributed by atoms with Crippen LogP contribution in [0.4, 0.5) is 5.69 Å². The fourth-order valence-electron chi connectivity index (χ4n) is 2.96. The minimum Gasteiger partial charge on any atom is -0.376 e. The summed E-state index contributed by atoms with van der Waals surface area (Å²) in [5.41, 5.74) is 3.46. The Bertz CT molecular complexity index is 576. The van der Waals surface area contributed by atoms with Gasteiger partial charge in [0.2, 0.25) is 11.8 Å². The Hall–Kier alpha value is -2.04. The van der Waals surface area contributed by atoms with Gasteiger partial charge in [-0.3, -0.25) is 9.59 Å². The highest BCUT2D eigenvalue weighted by atomic mass is 16.2. The number of carbonyl (C=O) groups is 2. The molecule has 1 saturated heterocycles. The number of nitrogens with zero attached hydrogens (tertiary/aromatic N) is 2. The van der Waals surface area contributed by atoms with Crippen LogP contribution in [-0.2, 0) is 9.59 Å². The van der Waals surface area contributed by atoms with Crippen LogP contribution in [0.3, 0.4) is 0 Å². The van der Waals surface area contributed by atoms with Gasteiger partial charge in [0.1, 0.15) is 0 Å². The maximum atomic E-state index is 12.4. The molecule has 1 aliphatic rings. The second kappa shape index (κ2) is 7.49. The van der Waals surface area contributed by atoms with Crippen LogP contribution in [0.15, 0.2) is 18.2 Å². The van der Waals surface area contributed by atoms with Gasteiger partial charge in [-0.05, 0) is 24.0 Å². The number of amides is 2. The number of anilines is 1. The molecule has 0 saturated carbocycles. The number of aryl methyl sites for hydroxylation is 1. The van der Waals surface area contributed by atoms with Crippen molar-refractivity contribution in [3.05, 3.63) is 29.3 Å². The van der Waals surface area contributed by atoms with Gasteiger partial charge in [0.15, 0.2) is 0 Å². The summed E-state index contributed by atoms with van der Waals surface area (Å²) in [7, 11) is 0. The van der Waals surface area contributed by atoms with Gasteiger partial charge >= 0.3 is 0 Å². The SMILES string of the molecule is CC(=O)N1CCN(C(=O)CNc2c(C)cccc2C(C)C)CC1. The fourth-order valence-corrected chi connectivity index (χ4v) is 2.96. The average Bonchev–Trinajstić information content (AvgIpc) is 2.53. The van der Waals surface area contributed by atoms with Crippen LogP contribution in [0.25, 0.3) is 0 Å². The Balaban J connectivity index is 1.94. The number of para-hydroxylation sites is 1. The molecule has 0 aromatic heterocycles. The van der Waals surface area contributed by atoms with Crippen molar-refractivity contribution in [2.75, 3.05) is 38.0 Å². The van der Waals surface area contributed by atoms with Crippen LogP contribution in [0.1, 0.15) is 37.8 Å². The van der Waals surface area contributed by atoms with Crippen LogP contribution in [0.2, 0.25) is 0 Å². The summed E-state index contributed by atoms with van der Waals surface area (Å²) < 4.78 is 0. The first-order valence-corrected chi connectivity index (χ1v) is 8.26. The Labute approximate surface area is 138 Å². The first-order chi connectivity index (χ1) is 10.9. The van der Waals surface area contributed by atoms with Crippen molar-refractivity contribution in [2.45, 2.75) is 33.6 Å². The van der Waals surface area contributed by atoms with Gasteiger partial charge in [-0.1, -0.05) is 32.0 Å². The van der Waals surface area contributed by atoms with Gasteiger partial charge < -0.3 is 15.1 Å². The number of benzene rings is 1. The van der Waals surface area contributed by atoms with Crippen molar-refractivity contribution in [3.63, 3.8) is 0 Å². The second-order valence-corrected chi connectivity index (χ2v) is 6.43. The Morgan fingerprint density at radius 3 is 2.30 bits per heavy atom. The molecule has 23 heavy (non-hydrogen) atoms. The highest BCUT2D eigenvalue weighted by molar-refractivity contribution is 5.82. The van der Waals surface area contributed by atoms with E-state index in [0.717, 1.165) is 11.3 Å². The summed E-state index contributed by atoms with van der Waals surface area (Å²) in [6, 6.07) is 6.22. The lowest BCUT2D eigenvalue weighted by Gasteiger charge is -2.34. The molecule has 2 rings (SSSR count). The molecule has 1 heterocycles. The molecule has 0 aliphatic carbocycles. The smallest absolute Gasteiger partial charge is 0.241 e. The van der Waals surface area contributed by atoms with E-state index in [1.807, 2.05) is 4.90 Å². The molecule has 5 nitrogen and oxygen atoms in total. The molecule has 0 atom stereocenters. The molecule has 126 valence electrons. The van der Waals surface area contributed by atoms with Crippen molar-refractivity contribution < 1.29 is 9.59 Å². The number of piperazine rings is 1. The summed E-state index contributed by atoms with van der Waals surface area (Å²) in [6.07, 6.45) is 0. The molecule has 5 heteroatoms. The number of carbonyl (C=O) groups excluding carboxylic acids is 2. The van der Waals surface area contributed by atoms with E-state index in [1.165, 1.54) is 5.56 Å². The minimum atomic E-state index is 0.0803. The minimum absolute atomic E-state index is 0.0803. The summed E-state index contributed by atoms with van der Waals surface area (Å²) in [6.45, 7) is 10.7. The maximum absolute atomic E-state index is 12.4. The summed E-state index contributed by atoms with van der Waals surface area (Å²) in [5.74, 6) is 0.578. The Kier molecular flexibility index (Phi) is 5.64. The van der Waals surface area contributed by atoms with Crippen LogP contribution in [-0.4, -0.2) is 54.3 Å². The molecule has 0 spiro atoms. The molecule has 1 fully saturated rings. The number of rotatable bonds is 4. The highest BCUT2D eigenvalue weighted by Crippen LogP contribution is 2.27.